The van der Waals surface area contributed by atoms with Crippen molar-refractivity contribution in [3.63, 3.8) is 0 Å². The first-order chi connectivity index (χ1) is 6.02. The minimum Gasteiger partial charge on any atom is -0.294 e. The second kappa shape index (κ2) is 3.22. The van der Waals surface area contributed by atoms with Crippen LogP contribution in [0.5, 0.6) is 0 Å². The maximum Gasteiger partial charge on any atom is 0.169 e. The molecule has 0 aromatic carbocycles. The fourth-order valence-electron chi connectivity index (χ4n) is 1.48. The molecule has 2 unspecified atom stereocenters. The number of Topliss-reactive ketones (excluding diaryl/α,β-unsaturated/α-hetero) is 1. The fraction of sp³-hybridized carbons (Fsp3) is 0.417. The average Bonchev–Trinajstić information content (AvgIpc) is 2.13. The maximum absolute atomic E-state index is 11.8. The highest BCUT2D eigenvalue weighted by Gasteiger charge is 2.37. The summed E-state index contributed by atoms with van der Waals surface area (Å²) in [6, 6.07) is 0. The van der Waals surface area contributed by atoms with Crippen LogP contribution in [0.3, 0.4) is 0 Å². The molecule has 0 aromatic heterocycles. The van der Waals surface area contributed by atoms with E-state index in [1.54, 1.807) is 0 Å². The molecule has 68 valence electrons. The molecule has 1 aliphatic rings. The van der Waals surface area contributed by atoms with Gasteiger partial charge in [0.1, 0.15) is 0 Å². The molecule has 0 aliphatic heterocycles. The zero-order valence-electron chi connectivity index (χ0n) is 8.29. The van der Waals surface area contributed by atoms with Gasteiger partial charge in [0.2, 0.25) is 0 Å². The molecule has 1 rings (SSSR count). The van der Waals surface area contributed by atoms with Gasteiger partial charge in [0.15, 0.2) is 5.78 Å². The van der Waals surface area contributed by atoms with Crippen LogP contribution in [0.4, 0.5) is 0 Å². The Labute approximate surface area is 79.5 Å². The van der Waals surface area contributed by atoms with E-state index in [1.165, 1.54) is 0 Å². The minimum atomic E-state index is -0.506. The molecule has 1 aliphatic carbocycles. The zero-order valence-corrected chi connectivity index (χ0v) is 8.29. The van der Waals surface area contributed by atoms with E-state index in [1.807, 2.05) is 39.0 Å². The molecule has 1 nitrogen and oxygen atoms in total. The van der Waals surface area contributed by atoms with Crippen molar-refractivity contribution in [1.82, 2.24) is 0 Å². The van der Waals surface area contributed by atoms with Gasteiger partial charge in [-0.1, -0.05) is 25.2 Å². The number of allylic oxidation sites excluding steroid dienone is 4. The van der Waals surface area contributed by atoms with Crippen LogP contribution in [0.1, 0.15) is 20.8 Å². The van der Waals surface area contributed by atoms with E-state index in [9.17, 15) is 4.79 Å². The first kappa shape index (κ1) is 9.80. The van der Waals surface area contributed by atoms with Gasteiger partial charge in [0.05, 0.1) is 5.41 Å². The molecule has 0 spiro atoms. The highest BCUT2D eigenvalue weighted by Crippen LogP contribution is 2.34. The van der Waals surface area contributed by atoms with Crippen molar-refractivity contribution < 1.29 is 4.79 Å². The molecule has 2 atom stereocenters. The summed E-state index contributed by atoms with van der Waals surface area (Å²) in [5.74, 6) is 2.71. The van der Waals surface area contributed by atoms with E-state index in [0.717, 1.165) is 5.57 Å². The highest BCUT2D eigenvalue weighted by atomic mass is 16.1. The summed E-state index contributed by atoms with van der Waals surface area (Å²) in [6.07, 6.45) is 11.0. The molecule has 13 heavy (non-hydrogen) atoms. The van der Waals surface area contributed by atoms with Gasteiger partial charge < -0.3 is 0 Å². The SMILES string of the molecule is C#CC(C)C1(C)C=CC=C(C)C1=O. The Morgan fingerprint density at radius 2 is 2.23 bits per heavy atom. The van der Waals surface area contributed by atoms with Gasteiger partial charge in [0.25, 0.3) is 0 Å². The summed E-state index contributed by atoms with van der Waals surface area (Å²) in [6.45, 7) is 5.63. The Balaban J connectivity index is 3.08. The van der Waals surface area contributed by atoms with Crippen molar-refractivity contribution >= 4 is 5.78 Å². The predicted octanol–water partition coefficient (Wildman–Crippen LogP) is 2.35. The lowest BCUT2D eigenvalue weighted by Crippen LogP contribution is -2.34. The third-order valence-corrected chi connectivity index (χ3v) is 2.79. The van der Waals surface area contributed by atoms with Gasteiger partial charge in [-0.3, -0.25) is 4.79 Å². The highest BCUT2D eigenvalue weighted by molar-refractivity contribution is 6.02. The molecule has 0 N–H and O–H groups in total. The van der Waals surface area contributed by atoms with E-state index in [-0.39, 0.29) is 11.7 Å². The van der Waals surface area contributed by atoms with Gasteiger partial charge in [0, 0.05) is 5.92 Å². The number of terminal acetylenes is 1. The lowest BCUT2D eigenvalue weighted by Gasteiger charge is -2.30. The first-order valence-electron chi connectivity index (χ1n) is 4.39. The van der Waals surface area contributed by atoms with Crippen molar-refractivity contribution in [2.45, 2.75) is 20.8 Å². The second-order valence-corrected chi connectivity index (χ2v) is 3.71. The predicted molar refractivity (Wildman–Crippen MR) is 54.0 cm³/mol. The Morgan fingerprint density at radius 1 is 1.62 bits per heavy atom. The van der Waals surface area contributed by atoms with Crippen LogP contribution in [0.25, 0.3) is 0 Å². The summed E-state index contributed by atoms with van der Waals surface area (Å²) in [5, 5.41) is 0. The molecule has 0 bridgehead atoms. The van der Waals surface area contributed by atoms with Gasteiger partial charge in [-0.25, -0.2) is 0 Å². The number of hydrogen-bond donors (Lipinski definition) is 0. The number of carbonyl (C=O) groups excluding carboxylic acids is 1. The van der Waals surface area contributed by atoms with Gasteiger partial charge in [-0.2, -0.15) is 0 Å². The van der Waals surface area contributed by atoms with Crippen molar-refractivity contribution in [2.24, 2.45) is 11.3 Å². The van der Waals surface area contributed by atoms with E-state index in [4.69, 9.17) is 6.42 Å². The first-order valence-corrected chi connectivity index (χ1v) is 4.39. The normalized spacial score (nSPS) is 29.4. The monoisotopic (exact) mass is 174 g/mol. The lowest BCUT2D eigenvalue weighted by molar-refractivity contribution is -0.123. The fourth-order valence-corrected chi connectivity index (χ4v) is 1.48. The van der Waals surface area contributed by atoms with Crippen molar-refractivity contribution in [3.8, 4) is 12.3 Å². The standard InChI is InChI=1S/C12H14O/c1-5-10(3)12(4)8-6-7-9(2)11(12)13/h1,6-8,10H,2-4H3. The molecule has 0 aromatic rings. The number of ketones is 1. The quantitative estimate of drug-likeness (QED) is 0.558. The average molecular weight is 174 g/mol. The molecule has 0 radical (unpaired) electrons. The van der Waals surface area contributed by atoms with Crippen LogP contribution in [-0.4, -0.2) is 5.78 Å². The van der Waals surface area contributed by atoms with Crippen LogP contribution < -0.4 is 0 Å². The zero-order chi connectivity index (χ0) is 10.1. The molecule has 0 saturated carbocycles. The van der Waals surface area contributed by atoms with Gasteiger partial charge in [-0.15, -0.1) is 12.3 Å². The van der Waals surface area contributed by atoms with Crippen molar-refractivity contribution in [1.29, 1.82) is 0 Å². The van der Waals surface area contributed by atoms with E-state index >= 15 is 0 Å². The van der Waals surface area contributed by atoms with Crippen molar-refractivity contribution in [3.05, 3.63) is 23.8 Å². The third-order valence-electron chi connectivity index (χ3n) is 2.79. The molecule has 0 heterocycles. The van der Waals surface area contributed by atoms with E-state index in [0.29, 0.717) is 0 Å². The Kier molecular flexibility index (Phi) is 2.43. The summed E-state index contributed by atoms with van der Waals surface area (Å²) >= 11 is 0. The minimum absolute atomic E-state index is 0.0556. The smallest absolute Gasteiger partial charge is 0.169 e. The molecule has 0 amide bonds. The summed E-state index contributed by atoms with van der Waals surface area (Å²) in [7, 11) is 0. The topological polar surface area (TPSA) is 17.1 Å². The number of hydrogen-bond acceptors (Lipinski definition) is 1. The Bertz CT molecular complexity index is 328. The van der Waals surface area contributed by atoms with Gasteiger partial charge in [-0.05, 0) is 19.4 Å². The molecule has 1 heteroatoms. The molecular formula is C12H14O. The molecular weight excluding hydrogens is 160 g/mol. The Morgan fingerprint density at radius 3 is 2.77 bits per heavy atom. The molecule has 0 saturated heterocycles. The molecule has 0 fully saturated rings. The number of rotatable bonds is 1. The summed E-state index contributed by atoms with van der Waals surface area (Å²) < 4.78 is 0. The van der Waals surface area contributed by atoms with E-state index in [2.05, 4.69) is 5.92 Å². The van der Waals surface area contributed by atoms with Crippen molar-refractivity contribution in [2.75, 3.05) is 0 Å². The second-order valence-electron chi connectivity index (χ2n) is 3.71. The van der Waals surface area contributed by atoms with Crippen LogP contribution in [0.15, 0.2) is 23.8 Å². The summed E-state index contributed by atoms with van der Waals surface area (Å²) in [5.41, 5.74) is 0.278. The third kappa shape index (κ3) is 1.45. The van der Waals surface area contributed by atoms with Crippen LogP contribution in [-0.2, 0) is 4.79 Å². The van der Waals surface area contributed by atoms with E-state index < -0.39 is 5.41 Å². The van der Waals surface area contributed by atoms with Crippen LogP contribution >= 0.6 is 0 Å². The van der Waals surface area contributed by atoms with Crippen LogP contribution in [0, 0.1) is 23.7 Å². The largest absolute Gasteiger partial charge is 0.294 e. The summed E-state index contributed by atoms with van der Waals surface area (Å²) in [4.78, 5) is 11.8. The van der Waals surface area contributed by atoms with Gasteiger partial charge >= 0.3 is 0 Å². The Hall–Kier alpha value is -1.29. The van der Waals surface area contributed by atoms with Crippen LogP contribution in [0.2, 0.25) is 0 Å². The maximum atomic E-state index is 11.8. The lowest BCUT2D eigenvalue weighted by atomic mass is 9.71. The number of carbonyl (C=O) groups is 1.